The maximum absolute atomic E-state index is 11.7. The van der Waals surface area contributed by atoms with Gasteiger partial charge in [0.1, 0.15) is 6.10 Å². The highest BCUT2D eigenvalue weighted by Gasteiger charge is 2.36. The largest absolute Gasteiger partial charge is 0.457 e. The van der Waals surface area contributed by atoms with Gasteiger partial charge in [0.15, 0.2) is 6.10 Å². The Morgan fingerprint density at radius 1 is 1.18 bits per heavy atom. The number of rotatable bonds is 7. The summed E-state index contributed by atoms with van der Waals surface area (Å²) in [5.74, 6) is -0.185. The molecule has 1 aliphatic heterocycles. The Bertz CT molecular complexity index is 233. The Morgan fingerprint density at radius 2 is 1.94 bits per heavy atom. The fourth-order valence-electron chi connectivity index (χ4n) is 2.09. The third kappa shape index (κ3) is 4.59. The van der Waals surface area contributed by atoms with Gasteiger partial charge in [0.25, 0.3) is 0 Å². The van der Waals surface area contributed by atoms with E-state index in [-0.39, 0.29) is 24.3 Å². The van der Waals surface area contributed by atoms with Crippen molar-refractivity contribution >= 4 is 21.9 Å². The molecule has 0 spiro atoms. The van der Waals surface area contributed by atoms with Gasteiger partial charge in [0, 0.05) is 5.33 Å². The Morgan fingerprint density at radius 3 is 2.53 bits per heavy atom. The molecule has 1 aliphatic rings. The first-order chi connectivity index (χ1) is 8.22. The molecule has 0 amide bonds. The summed E-state index contributed by atoms with van der Waals surface area (Å²) in [6, 6.07) is 0. The number of unbranched alkanes of at least 4 members (excludes halogenated alkanes) is 3. The van der Waals surface area contributed by atoms with Crippen molar-refractivity contribution in [2.45, 2.75) is 70.7 Å². The monoisotopic (exact) mass is 306 g/mol. The van der Waals surface area contributed by atoms with E-state index in [0.717, 1.165) is 19.3 Å². The second kappa shape index (κ2) is 8.09. The standard InChI is InChI=1S/C13H23BrO3/c1-3-5-6-7-8-11-13(15)17-12(9-14)10(4-2)16-11/h10-12H,3-9H2,1-2H3/t10-,11+,12-/m1/s1. The number of hydrogen-bond donors (Lipinski definition) is 0. The van der Waals surface area contributed by atoms with Crippen LogP contribution < -0.4 is 0 Å². The molecule has 1 saturated heterocycles. The van der Waals surface area contributed by atoms with Gasteiger partial charge in [0.05, 0.1) is 6.10 Å². The van der Waals surface area contributed by atoms with Crippen LogP contribution in [0.3, 0.4) is 0 Å². The Kier molecular flexibility index (Phi) is 7.12. The molecule has 1 fully saturated rings. The van der Waals surface area contributed by atoms with Gasteiger partial charge in [-0.25, -0.2) is 4.79 Å². The number of esters is 1. The van der Waals surface area contributed by atoms with Crippen molar-refractivity contribution in [3.05, 3.63) is 0 Å². The van der Waals surface area contributed by atoms with Gasteiger partial charge < -0.3 is 9.47 Å². The lowest BCUT2D eigenvalue weighted by atomic mass is 10.1. The first-order valence-electron chi connectivity index (χ1n) is 6.64. The summed E-state index contributed by atoms with van der Waals surface area (Å²) in [5, 5.41) is 0.653. The zero-order chi connectivity index (χ0) is 12.7. The van der Waals surface area contributed by atoms with Crippen molar-refractivity contribution in [3.63, 3.8) is 0 Å². The number of alkyl halides is 1. The van der Waals surface area contributed by atoms with Crippen LogP contribution in [0.4, 0.5) is 0 Å². The van der Waals surface area contributed by atoms with Crippen LogP contribution in [0.5, 0.6) is 0 Å². The summed E-state index contributed by atoms with van der Waals surface area (Å²) < 4.78 is 11.2. The van der Waals surface area contributed by atoms with E-state index in [4.69, 9.17) is 9.47 Å². The number of hydrogen-bond acceptors (Lipinski definition) is 3. The summed E-state index contributed by atoms with van der Waals surface area (Å²) in [5.41, 5.74) is 0. The number of carbonyl (C=O) groups is 1. The molecular weight excluding hydrogens is 284 g/mol. The highest BCUT2D eigenvalue weighted by molar-refractivity contribution is 9.09. The van der Waals surface area contributed by atoms with E-state index in [1.807, 2.05) is 0 Å². The van der Waals surface area contributed by atoms with E-state index >= 15 is 0 Å². The highest BCUT2D eigenvalue weighted by Crippen LogP contribution is 2.23. The molecule has 0 unspecified atom stereocenters. The maximum Gasteiger partial charge on any atom is 0.335 e. The molecule has 0 bridgehead atoms. The quantitative estimate of drug-likeness (QED) is 0.410. The molecule has 1 rings (SSSR count). The van der Waals surface area contributed by atoms with E-state index in [1.54, 1.807) is 0 Å². The van der Waals surface area contributed by atoms with Crippen LogP contribution in [0.2, 0.25) is 0 Å². The molecular formula is C13H23BrO3. The van der Waals surface area contributed by atoms with Crippen LogP contribution in [0.25, 0.3) is 0 Å². The summed E-state index contributed by atoms with van der Waals surface area (Å²) in [4.78, 5) is 11.7. The van der Waals surface area contributed by atoms with Gasteiger partial charge in [0.2, 0.25) is 0 Å². The van der Waals surface area contributed by atoms with Crippen molar-refractivity contribution in [2.24, 2.45) is 0 Å². The Labute approximate surface area is 112 Å². The minimum Gasteiger partial charge on any atom is -0.457 e. The lowest BCUT2D eigenvalue weighted by Crippen LogP contribution is -2.47. The summed E-state index contributed by atoms with van der Waals surface area (Å²) in [6.07, 6.45) is 5.90. The zero-order valence-electron chi connectivity index (χ0n) is 10.8. The van der Waals surface area contributed by atoms with Crippen molar-refractivity contribution in [2.75, 3.05) is 5.33 Å². The molecule has 0 radical (unpaired) electrons. The lowest BCUT2D eigenvalue weighted by Gasteiger charge is -2.34. The summed E-state index contributed by atoms with van der Waals surface area (Å²) >= 11 is 3.36. The first-order valence-corrected chi connectivity index (χ1v) is 7.77. The van der Waals surface area contributed by atoms with E-state index < -0.39 is 0 Å². The Hall–Kier alpha value is -0.0900. The number of cyclic esters (lactones) is 1. The Balaban J connectivity index is 2.37. The van der Waals surface area contributed by atoms with E-state index in [1.165, 1.54) is 19.3 Å². The fraction of sp³-hybridized carbons (Fsp3) is 0.923. The normalized spacial score (nSPS) is 29.1. The predicted octanol–water partition coefficient (Wildman–Crippen LogP) is 3.44. The summed E-state index contributed by atoms with van der Waals surface area (Å²) in [6.45, 7) is 4.24. The number of ether oxygens (including phenoxy) is 2. The molecule has 0 saturated carbocycles. The molecule has 0 aromatic rings. The zero-order valence-corrected chi connectivity index (χ0v) is 12.4. The van der Waals surface area contributed by atoms with Crippen LogP contribution in [-0.4, -0.2) is 29.6 Å². The van der Waals surface area contributed by atoms with Crippen LogP contribution in [0.15, 0.2) is 0 Å². The maximum atomic E-state index is 11.7. The molecule has 4 heteroatoms. The van der Waals surface area contributed by atoms with Crippen molar-refractivity contribution in [3.8, 4) is 0 Å². The molecule has 0 N–H and O–H groups in total. The van der Waals surface area contributed by atoms with Crippen molar-refractivity contribution in [1.29, 1.82) is 0 Å². The van der Waals surface area contributed by atoms with E-state index in [9.17, 15) is 4.79 Å². The SMILES string of the molecule is CCCCCC[C@@H]1O[C@H](CC)[C@@H](CBr)OC1=O. The van der Waals surface area contributed by atoms with E-state index in [0.29, 0.717) is 5.33 Å². The first kappa shape index (κ1) is 15.0. The van der Waals surface area contributed by atoms with Crippen molar-refractivity contribution < 1.29 is 14.3 Å². The molecule has 17 heavy (non-hydrogen) atoms. The average molecular weight is 307 g/mol. The molecule has 3 nitrogen and oxygen atoms in total. The van der Waals surface area contributed by atoms with Crippen LogP contribution >= 0.6 is 15.9 Å². The van der Waals surface area contributed by atoms with Gasteiger partial charge >= 0.3 is 5.97 Å². The molecule has 100 valence electrons. The molecule has 0 aliphatic carbocycles. The van der Waals surface area contributed by atoms with Gasteiger partial charge in [-0.15, -0.1) is 0 Å². The number of halogens is 1. The minimum atomic E-state index is -0.341. The predicted molar refractivity (Wildman–Crippen MR) is 71.4 cm³/mol. The van der Waals surface area contributed by atoms with Gasteiger partial charge in [-0.1, -0.05) is 55.5 Å². The molecule has 0 aromatic carbocycles. The smallest absolute Gasteiger partial charge is 0.335 e. The third-order valence-electron chi connectivity index (χ3n) is 3.16. The van der Waals surface area contributed by atoms with E-state index in [2.05, 4.69) is 29.8 Å². The molecule has 3 atom stereocenters. The van der Waals surface area contributed by atoms with Gasteiger partial charge in [-0.3, -0.25) is 0 Å². The van der Waals surface area contributed by atoms with Crippen molar-refractivity contribution in [1.82, 2.24) is 0 Å². The van der Waals surface area contributed by atoms with Crippen LogP contribution in [-0.2, 0) is 14.3 Å². The number of carbonyl (C=O) groups excluding carboxylic acids is 1. The molecule has 0 aromatic heterocycles. The van der Waals surface area contributed by atoms with Crippen LogP contribution in [0.1, 0.15) is 52.4 Å². The second-order valence-corrected chi connectivity index (χ2v) is 5.20. The highest BCUT2D eigenvalue weighted by atomic mass is 79.9. The second-order valence-electron chi connectivity index (χ2n) is 4.55. The van der Waals surface area contributed by atoms with Gasteiger partial charge in [-0.2, -0.15) is 0 Å². The van der Waals surface area contributed by atoms with Crippen LogP contribution in [0, 0.1) is 0 Å². The average Bonchev–Trinajstić information content (AvgIpc) is 2.35. The molecule has 1 heterocycles. The third-order valence-corrected chi connectivity index (χ3v) is 3.80. The topological polar surface area (TPSA) is 35.5 Å². The van der Waals surface area contributed by atoms with Gasteiger partial charge in [-0.05, 0) is 12.8 Å². The minimum absolute atomic E-state index is 0.0447. The summed E-state index contributed by atoms with van der Waals surface area (Å²) in [7, 11) is 0. The fourth-order valence-corrected chi connectivity index (χ4v) is 2.64. The lowest BCUT2D eigenvalue weighted by molar-refractivity contribution is -0.197.